The third-order valence-electron chi connectivity index (χ3n) is 8.36. The first-order valence-electron chi connectivity index (χ1n) is 13.5. The highest BCUT2D eigenvalue weighted by atomic mass is 79.9. The second-order valence-electron chi connectivity index (χ2n) is 10.9. The maximum Gasteiger partial charge on any atom is 0.257 e. The number of pyridine rings is 1. The summed E-state index contributed by atoms with van der Waals surface area (Å²) in [7, 11) is 2.12. The SMILES string of the molecule is CN1CCN(c2ncccc2C(=O)N2C[C@H]3CN(C(=O)c4cc(F)c(Br)cc4Cl)C[C@H]3C2)C(c2ccccc2)C1. The molecule has 3 saturated heterocycles. The van der Waals surface area contributed by atoms with Gasteiger partial charge in [0.05, 0.1) is 26.7 Å². The quantitative estimate of drug-likeness (QED) is 0.383. The molecule has 2 amide bonds. The predicted molar refractivity (Wildman–Crippen MR) is 156 cm³/mol. The first kappa shape index (κ1) is 27.2. The van der Waals surface area contributed by atoms with E-state index in [0.29, 0.717) is 31.7 Å². The number of hydrogen-bond donors (Lipinski definition) is 0. The number of carbonyl (C=O) groups excluding carboxylic acids is 2. The van der Waals surface area contributed by atoms with Crippen molar-refractivity contribution in [1.82, 2.24) is 19.7 Å². The molecule has 6 rings (SSSR count). The van der Waals surface area contributed by atoms with E-state index in [2.05, 4.69) is 44.9 Å². The third kappa shape index (κ3) is 5.10. The van der Waals surface area contributed by atoms with Crippen LogP contribution in [0.2, 0.25) is 5.02 Å². The fourth-order valence-electron chi connectivity index (χ4n) is 6.28. The third-order valence-corrected chi connectivity index (χ3v) is 9.28. The minimum Gasteiger partial charge on any atom is -0.346 e. The van der Waals surface area contributed by atoms with Gasteiger partial charge in [0, 0.05) is 63.8 Å². The lowest BCUT2D eigenvalue weighted by atomic mass is 10.0. The molecule has 208 valence electrons. The molecule has 0 spiro atoms. The first-order valence-corrected chi connectivity index (χ1v) is 14.7. The van der Waals surface area contributed by atoms with Crippen molar-refractivity contribution in [1.29, 1.82) is 0 Å². The Morgan fingerprint density at radius 3 is 2.23 bits per heavy atom. The summed E-state index contributed by atoms with van der Waals surface area (Å²) in [5.41, 5.74) is 1.97. The van der Waals surface area contributed by atoms with E-state index < -0.39 is 5.82 Å². The largest absolute Gasteiger partial charge is 0.346 e. The van der Waals surface area contributed by atoms with Gasteiger partial charge in [0.1, 0.15) is 11.6 Å². The van der Waals surface area contributed by atoms with Crippen LogP contribution < -0.4 is 4.90 Å². The van der Waals surface area contributed by atoms with Gasteiger partial charge < -0.3 is 19.6 Å². The van der Waals surface area contributed by atoms with E-state index in [4.69, 9.17) is 16.6 Å². The topological polar surface area (TPSA) is 60.0 Å². The zero-order chi connectivity index (χ0) is 28.0. The van der Waals surface area contributed by atoms with Crippen LogP contribution in [0, 0.1) is 17.7 Å². The predicted octanol–water partition coefficient (Wildman–Crippen LogP) is 4.97. The number of fused-ring (bicyclic) bond motifs is 1. The number of halogens is 3. The zero-order valence-corrected chi connectivity index (χ0v) is 24.5. The van der Waals surface area contributed by atoms with Crippen LogP contribution in [0.1, 0.15) is 32.3 Å². The molecule has 3 aliphatic rings. The Morgan fingerprint density at radius 2 is 1.55 bits per heavy atom. The normalized spacial score (nSPS) is 23.0. The number of hydrogen-bond acceptors (Lipinski definition) is 5. The number of aromatic nitrogens is 1. The van der Waals surface area contributed by atoms with E-state index in [0.717, 1.165) is 25.5 Å². The van der Waals surface area contributed by atoms with Gasteiger partial charge in [-0.2, -0.15) is 0 Å². The second-order valence-corrected chi connectivity index (χ2v) is 12.2. The van der Waals surface area contributed by atoms with Crippen LogP contribution in [0.25, 0.3) is 0 Å². The molecular weight excluding hydrogens is 597 g/mol. The zero-order valence-electron chi connectivity index (χ0n) is 22.1. The maximum atomic E-state index is 14.1. The van der Waals surface area contributed by atoms with Gasteiger partial charge in [-0.15, -0.1) is 0 Å². The molecule has 1 aromatic heterocycles. The smallest absolute Gasteiger partial charge is 0.257 e. The van der Waals surface area contributed by atoms with Crippen LogP contribution in [-0.4, -0.2) is 84.4 Å². The molecule has 0 N–H and O–H groups in total. The number of benzene rings is 2. The summed E-state index contributed by atoms with van der Waals surface area (Å²) < 4.78 is 14.3. The van der Waals surface area contributed by atoms with Crippen LogP contribution >= 0.6 is 27.5 Å². The van der Waals surface area contributed by atoms with Crippen LogP contribution in [0.15, 0.2) is 65.3 Å². The molecule has 3 aliphatic heterocycles. The monoisotopic (exact) mass is 625 g/mol. The van der Waals surface area contributed by atoms with Crippen LogP contribution in [-0.2, 0) is 0 Å². The number of amides is 2. The first-order chi connectivity index (χ1) is 19.3. The standard InChI is InChI=1S/C30H30BrClFN5O2/c1-35-10-11-38(27(18-35)19-6-3-2-4-7-19)28-22(8-5-9-34-28)29(39)36-14-20-16-37(17-21(20)15-36)30(40)23-12-26(33)24(31)13-25(23)32/h2-9,12-13,20-21,27H,10-11,14-18H2,1H3/t20-,21+,27?. The molecule has 3 atom stereocenters. The average molecular weight is 627 g/mol. The van der Waals surface area contributed by atoms with Gasteiger partial charge in [-0.1, -0.05) is 41.9 Å². The molecule has 7 nitrogen and oxygen atoms in total. The summed E-state index contributed by atoms with van der Waals surface area (Å²) in [5.74, 6) is 0.209. The van der Waals surface area contributed by atoms with Crippen molar-refractivity contribution in [2.75, 3.05) is 57.8 Å². The molecule has 4 heterocycles. The van der Waals surface area contributed by atoms with Crippen molar-refractivity contribution in [2.45, 2.75) is 6.04 Å². The van der Waals surface area contributed by atoms with Crippen molar-refractivity contribution in [3.63, 3.8) is 0 Å². The molecule has 3 aromatic rings. The van der Waals surface area contributed by atoms with E-state index in [1.807, 2.05) is 35.2 Å². The Kier molecular flexibility index (Phi) is 7.54. The number of likely N-dealkylation sites (tertiary alicyclic amines) is 2. The maximum absolute atomic E-state index is 14.1. The summed E-state index contributed by atoms with van der Waals surface area (Å²) in [6, 6.07) is 16.8. The van der Waals surface area contributed by atoms with Gasteiger partial charge in [0.2, 0.25) is 0 Å². The molecule has 1 unspecified atom stereocenters. The number of likely N-dealkylation sites (N-methyl/N-ethyl adjacent to an activating group) is 1. The van der Waals surface area contributed by atoms with Gasteiger partial charge >= 0.3 is 0 Å². The number of piperazine rings is 1. The number of rotatable bonds is 4. The second kappa shape index (κ2) is 11.1. The van der Waals surface area contributed by atoms with Crippen molar-refractivity contribution < 1.29 is 14.0 Å². The highest BCUT2D eigenvalue weighted by Gasteiger charge is 2.44. The lowest BCUT2D eigenvalue weighted by molar-refractivity contribution is 0.0738. The van der Waals surface area contributed by atoms with Gasteiger partial charge in [0.25, 0.3) is 11.8 Å². The Hall–Kier alpha value is -3.01. The summed E-state index contributed by atoms with van der Waals surface area (Å²) in [5, 5.41) is 0.217. The lowest BCUT2D eigenvalue weighted by Crippen LogP contribution is -2.48. The van der Waals surface area contributed by atoms with Crippen molar-refractivity contribution in [3.05, 3.63) is 92.8 Å². The Morgan fingerprint density at radius 1 is 0.900 bits per heavy atom. The van der Waals surface area contributed by atoms with E-state index in [-0.39, 0.29) is 44.8 Å². The Labute approximate surface area is 246 Å². The van der Waals surface area contributed by atoms with Gasteiger partial charge in [-0.25, -0.2) is 9.37 Å². The molecule has 0 bridgehead atoms. The van der Waals surface area contributed by atoms with Gasteiger partial charge in [0.15, 0.2) is 0 Å². The molecule has 0 saturated carbocycles. The highest BCUT2D eigenvalue weighted by Crippen LogP contribution is 2.36. The van der Waals surface area contributed by atoms with E-state index in [1.54, 1.807) is 11.1 Å². The lowest BCUT2D eigenvalue weighted by Gasteiger charge is -2.41. The number of nitrogens with zero attached hydrogens (tertiary/aromatic N) is 5. The number of carbonyl (C=O) groups is 2. The van der Waals surface area contributed by atoms with Gasteiger partial charge in [-0.3, -0.25) is 9.59 Å². The molecule has 10 heteroatoms. The molecule has 2 aromatic carbocycles. The summed E-state index contributed by atoms with van der Waals surface area (Å²) >= 11 is 9.36. The molecule has 3 fully saturated rings. The van der Waals surface area contributed by atoms with Crippen molar-refractivity contribution in [3.8, 4) is 0 Å². The average Bonchev–Trinajstić information content (AvgIpc) is 3.55. The van der Waals surface area contributed by atoms with Gasteiger partial charge in [-0.05, 0) is 52.8 Å². The van der Waals surface area contributed by atoms with Crippen molar-refractivity contribution in [2.24, 2.45) is 11.8 Å². The van der Waals surface area contributed by atoms with Crippen LogP contribution in [0.5, 0.6) is 0 Å². The van der Waals surface area contributed by atoms with Crippen LogP contribution in [0.4, 0.5) is 10.2 Å². The van der Waals surface area contributed by atoms with E-state index in [9.17, 15) is 14.0 Å². The molecular formula is C30H30BrClFN5O2. The van der Waals surface area contributed by atoms with Crippen molar-refractivity contribution >= 4 is 45.2 Å². The fraction of sp³-hybridized carbons (Fsp3) is 0.367. The Balaban J connectivity index is 1.18. The molecule has 0 radical (unpaired) electrons. The minimum atomic E-state index is -0.522. The molecule has 40 heavy (non-hydrogen) atoms. The highest BCUT2D eigenvalue weighted by molar-refractivity contribution is 9.10. The van der Waals surface area contributed by atoms with Crippen LogP contribution in [0.3, 0.4) is 0 Å². The summed E-state index contributed by atoms with van der Waals surface area (Å²) in [6.07, 6.45) is 1.75. The fourth-order valence-corrected chi connectivity index (χ4v) is 7.00. The summed E-state index contributed by atoms with van der Waals surface area (Å²) in [4.78, 5) is 40.0. The molecule has 0 aliphatic carbocycles. The Bertz CT molecular complexity index is 1430. The van der Waals surface area contributed by atoms with E-state index >= 15 is 0 Å². The van der Waals surface area contributed by atoms with E-state index in [1.165, 1.54) is 17.7 Å². The summed E-state index contributed by atoms with van der Waals surface area (Å²) in [6.45, 7) is 4.65. The minimum absolute atomic E-state index is 0.0286. The number of anilines is 1.